The lowest BCUT2D eigenvalue weighted by atomic mass is 10.1. The van der Waals surface area contributed by atoms with Gasteiger partial charge in [-0.25, -0.2) is 0 Å². The Morgan fingerprint density at radius 1 is 1.56 bits per heavy atom. The van der Waals surface area contributed by atoms with Gasteiger partial charge in [-0.15, -0.1) is 0 Å². The Balaban J connectivity index is 2.50. The van der Waals surface area contributed by atoms with Crippen molar-refractivity contribution in [1.29, 1.82) is 0 Å². The van der Waals surface area contributed by atoms with Crippen molar-refractivity contribution in [2.24, 2.45) is 13.0 Å². The topological polar surface area (TPSA) is 29.9 Å². The molecule has 1 aromatic heterocycles. The summed E-state index contributed by atoms with van der Waals surface area (Å²) >= 11 is 0. The Hall–Kier alpha value is -1.09. The molecule has 0 unspecified atom stereocenters. The van der Waals surface area contributed by atoms with E-state index in [-0.39, 0.29) is 0 Å². The van der Waals surface area contributed by atoms with Crippen LogP contribution in [0.2, 0.25) is 0 Å². The molecule has 0 atom stereocenters. The molecule has 1 N–H and O–H groups in total. The first-order chi connectivity index (χ1) is 7.61. The molecule has 0 bridgehead atoms. The van der Waals surface area contributed by atoms with Crippen LogP contribution < -0.4 is 5.32 Å². The Labute approximate surface area is 98.5 Å². The summed E-state index contributed by atoms with van der Waals surface area (Å²) < 4.78 is 1.83. The van der Waals surface area contributed by atoms with Crippen molar-refractivity contribution in [1.82, 2.24) is 15.1 Å². The van der Waals surface area contributed by atoms with Crippen LogP contribution in [-0.4, -0.2) is 22.9 Å². The van der Waals surface area contributed by atoms with Gasteiger partial charge in [0.1, 0.15) is 0 Å². The summed E-state index contributed by atoms with van der Waals surface area (Å²) in [5, 5.41) is 7.63. The van der Waals surface area contributed by atoms with Gasteiger partial charge in [-0.1, -0.05) is 32.4 Å². The lowest BCUT2D eigenvalue weighted by molar-refractivity contribution is 0.569. The highest BCUT2D eigenvalue weighted by molar-refractivity contribution is 5.51. The molecule has 0 spiro atoms. The van der Waals surface area contributed by atoms with E-state index < -0.39 is 0 Å². The van der Waals surface area contributed by atoms with Gasteiger partial charge in [-0.05, 0) is 18.9 Å². The molecule has 1 rings (SSSR count). The van der Waals surface area contributed by atoms with Crippen LogP contribution in [0.25, 0.3) is 6.08 Å². The highest BCUT2D eigenvalue weighted by Gasteiger charge is 1.98. The third kappa shape index (κ3) is 4.62. The third-order valence-corrected chi connectivity index (χ3v) is 2.45. The van der Waals surface area contributed by atoms with Gasteiger partial charge in [-0.2, -0.15) is 5.10 Å². The van der Waals surface area contributed by atoms with Crippen molar-refractivity contribution >= 4 is 6.08 Å². The minimum Gasteiger partial charge on any atom is -0.313 e. The molecule has 1 heterocycles. The predicted molar refractivity (Wildman–Crippen MR) is 69.2 cm³/mol. The molecule has 0 aromatic carbocycles. The molecule has 3 heteroatoms. The van der Waals surface area contributed by atoms with Crippen LogP contribution in [-0.2, 0) is 7.05 Å². The van der Waals surface area contributed by atoms with E-state index >= 15 is 0 Å². The number of nitrogens with one attached hydrogen (secondary N) is 1. The summed E-state index contributed by atoms with van der Waals surface area (Å²) in [5.41, 5.74) is 2.61. The summed E-state index contributed by atoms with van der Waals surface area (Å²) in [7, 11) is 1.94. The van der Waals surface area contributed by atoms with Crippen molar-refractivity contribution in [3.63, 3.8) is 0 Å². The van der Waals surface area contributed by atoms with Crippen LogP contribution in [0.4, 0.5) is 0 Å². The van der Waals surface area contributed by atoms with Gasteiger partial charge < -0.3 is 5.32 Å². The van der Waals surface area contributed by atoms with E-state index in [2.05, 4.69) is 37.3 Å². The lowest BCUT2D eigenvalue weighted by Crippen LogP contribution is -2.21. The van der Waals surface area contributed by atoms with E-state index in [1.165, 1.54) is 11.1 Å². The number of hydrogen-bond acceptors (Lipinski definition) is 2. The molecule has 0 saturated carbocycles. The van der Waals surface area contributed by atoms with Crippen molar-refractivity contribution in [2.75, 3.05) is 13.1 Å². The van der Waals surface area contributed by atoms with Gasteiger partial charge in [-0.3, -0.25) is 4.68 Å². The molecule has 1 aromatic rings. The van der Waals surface area contributed by atoms with E-state index in [1.807, 2.05) is 24.1 Å². The zero-order valence-electron chi connectivity index (χ0n) is 10.8. The summed E-state index contributed by atoms with van der Waals surface area (Å²) in [4.78, 5) is 0. The second-order valence-electron chi connectivity index (χ2n) is 4.63. The molecular weight excluding hydrogens is 198 g/mol. The van der Waals surface area contributed by atoms with Gasteiger partial charge in [0.15, 0.2) is 0 Å². The maximum absolute atomic E-state index is 4.16. The summed E-state index contributed by atoms with van der Waals surface area (Å²) in [6.07, 6.45) is 7.25. The monoisotopic (exact) mass is 221 g/mol. The molecule has 3 nitrogen and oxygen atoms in total. The van der Waals surface area contributed by atoms with Crippen LogP contribution in [0, 0.1) is 5.92 Å². The van der Waals surface area contributed by atoms with Crippen LogP contribution in [0.15, 0.2) is 18.0 Å². The Morgan fingerprint density at radius 3 is 2.81 bits per heavy atom. The average Bonchev–Trinajstić information content (AvgIpc) is 2.62. The standard InChI is InChI=1S/C13H23N3/c1-5-12(8-14-7-11(2)3)6-13-9-15-16(4)10-13/h6,9-11,14H,5,7-8H2,1-4H3. The number of aryl methyl sites for hydroxylation is 1. The van der Waals surface area contributed by atoms with Crippen molar-refractivity contribution in [2.45, 2.75) is 27.2 Å². The summed E-state index contributed by atoms with van der Waals surface area (Å²) in [5.74, 6) is 0.705. The number of nitrogens with zero attached hydrogens (tertiary/aromatic N) is 2. The number of aromatic nitrogens is 2. The van der Waals surface area contributed by atoms with E-state index in [0.29, 0.717) is 5.92 Å². The van der Waals surface area contributed by atoms with Crippen molar-refractivity contribution in [3.05, 3.63) is 23.5 Å². The second-order valence-corrected chi connectivity index (χ2v) is 4.63. The number of hydrogen-bond donors (Lipinski definition) is 1. The molecule has 0 amide bonds. The lowest BCUT2D eigenvalue weighted by Gasteiger charge is -2.09. The molecule has 0 aliphatic carbocycles. The molecule has 0 radical (unpaired) electrons. The first kappa shape index (κ1) is 13.0. The van der Waals surface area contributed by atoms with Gasteiger partial charge >= 0.3 is 0 Å². The molecule has 0 fully saturated rings. The smallest absolute Gasteiger partial charge is 0.0562 e. The molecule has 0 aliphatic rings. The van der Waals surface area contributed by atoms with Gasteiger partial charge in [0, 0.05) is 25.4 Å². The highest BCUT2D eigenvalue weighted by atomic mass is 15.2. The van der Waals surface area contributed by atoms with E-state index in [1.54, 1.807) is 0 Å². The highest BCUT2D eigenvalue weighted by Crippen LogP contribution is 2.08. The minimum absolute atomic E-state index is 0.705. The van der Waals surface area contributed by atoms with Crippen LogP contribution >= 0.6 is 0 Å². The molecular formula is C13H23N3. The van der Waals surface area contributed by atoms with Crippen LogP contribution in [0.5, 0.6) is 0 Å². The SMILES string of the molecule is CCC(=Cc1cnn(C)c1)CNCC(C)C. The predicted octanol–water partition coefficient (Wildman–Crippen LogP) is 2.46. The number of rotatable bonds is 6. The van der Waals surface area contributed by atoms with Gasteiger partial charge in [0.25, 0.3) is 0 Å². The first-order valence-electron chi connectivity index (χ1n) is 6.00. The minimum atomic E-state index is 0.705. The molecule has 90 valence electrons. The Bertz CT molecular complexity index is 337. The zero-order valence-corrected chi connectivity index (χ0v) is 10.8. The maximum Gasteiger partial charge on any atom is 0.0562 e. The zero-order chi connectivity index (χ0) is 12.0. The van der Waals surface area contributed by atoms with E-state index in [0.717, 1.165) is 19.5 Å². The maximum atomic E-state index is 4.16. The first-order valence-corrected chi connectivity index (χ1v) is 6.00. The van der Waals surface area contributed by atoms with Crippen molar-refractivity contribution in [3.8, 4) is 0 Å². The average molecular weight is 221 g/mol. The summed E-state index contributed by atoms with van der Waals surface area (Å²) in [6.45, 7) is 8.69. The second kappa shape index (κ2) is 6.48. The van der Waals surface area contributed by atoms with E-state index in [4.69, 9.17) is 0 Å². The Kier molecular flexibility index (Phi) is 5.26. The quantitative estimate of drug-likeness (QED) is 0.799. The third-order valence-electron chi connectivity index (χ3n) is 2.45. The largest absolute Gasteiger partial charge is 0.313 e. The molecule has 0 aliphatic heterocycles. The Morgan fingerprint density at radius 2 is 2.31 bits per heavy atom. The molecule has 16 heavy (non-hydrogen) atoms. The molecule has 0 saturated heterocycles. The van der Waals surface area contributed by atoms with E-state index in [9.17, 15) is 0 Å². The summed E-state index contributed by atoms with van der Waals surface area (Å²) in [6, 6.07) is 0. The fourth-order valence-corrected chi connectivity index (χ4v) is 1.55. The normalized spacial score (nSPS) is 12.4. The van der Waals surface area contributed by atoms with Crippen LogP contribution in [0.1, 0.15) is 32.8 Å². The fourth-order valence-electron chi connectivity index (χ4n) is 1.55. The van der Waals surface area contributed by atoms with Crippen molar-refractivity contribution < 1.29 is 0 Å². The van der Waals surface area contributed by atoms with Gasteiger partial charge in [0.05, 0.1) is 6.20 Å². The van der Waals surface area contributed by atoms with Crippen LogP contribution in [0.3, 0.4) is 0 Å². The van der Waals surface area contributed by atoms with Gasteiger partial charge in [0.2, 0.25) is 0 Å². The fraction of sp³-hybridized carbons (Fsp3) is 0.615.